The van der Waals surface area contributed by atoms with E-state index < -0.39 is 30.1 Å². The second-order valence-electron chi connectivity index (χ2n) is 3.81. The van der Waals surface area contributed by atoms with Crippen molar-refractivity contribution >= 4 is 5.97 Å². The fourth-order valence-electron chi connectivity index (χ4n) is 1.42. The highest BCUT2D eigenvalue weighted by molar-refractivity contribution is 5.88. The fraction of sp³-hybridized carbons (Fsp3) is 0.500. The van der Waals surface area contributed by atoms with Gasteiger partial charge >= 0.3 is 5.97 Å². The van der Waals surface area contributed by atoms with Gasteiger partial charge in [-0.3, -0.25) is 9.36 Å². The lowest BCUT2D eigenvalue weighted by atomic mass is 10.1. The van der Waals surface area contributed by atoms with Crippen LogP contribution in [0.2, 0.25) is 0 Å². The highest BCUT2D eigenvalue weighted by atomic mass is 19.3. The molecule has 0 saturated heterocycles. The molecule has 0 aromatic carbocycles. The van der Waals surface area contributed by atoms with Crippen molar-refractivity contribution in [2.45, 2.75) is 32.7 Å². The van der Waals surface area contributed by atoms with Gasteiger partial charge in [-0.25, -0.2) is 18.6 Å². The van der Waals surface area contributed by atoms with Crippen LogP contribution in [-0.4, -0.2) is 27.1 Å². The topological polar surface area (TPSA) is 72.2 Å². The van der Waals surface area contributed by atoms with Crippen LogP contribution in [-0.2, 0) is 6.54 Å². The zero-order chi connectivity index (χ0) is 13.2. The van der Waals surface area contributed by atoms with Crippen molar-refractivity contribution in [3.05, 3.63) is 27.9 Å². The van der Waals surface area contributed by atoms with Gasteiger partial charge in [0.1, 0.15) is 5.56 Å². The minimum Gasteiger partial charge on any atom is -0.477 e. The molecule has 0 fully saturated rings. The maximum atomic E-state index is 12.2. The summed E-state index contributed by atoms with van der Waals surface area (Å²) in [5.41, 5.74) is -1.38. The lowest BCUT2D eigenvalue weighted by Crippen LogP contribution is -2.31. The SMILES string of the molecule is CC(C)c1ncn(CC(F)F)c(=O)c1C(=O)O. The molecular weight excluding hydrogens is 234 g/mol. The van der Waals surface area contributed by atoms with E-state index in [2.05, 4.69) is 4.98 Å². The maximum Gasteiger partial charge on any atom is 0.343 e. The molecule has 0 aliphatic heterocycles. The van der Waals surface area contributed by atoms with Gasteiger partial charge in [-0.2, -0.15) is 0 Å². The van der Waals surface area contributed by atoms with Gasteiger partial charge in [-0.05, 0) is 5.92 Å². The van der Waals surface area contributed by atoms with Crippen molar-refractivity contribution < 1.29 is 18.7 Å². The third-order valence-electron chi connectivity index (χ3n) is 2.16. The molecule has 0 aliphatic carbocycles. The second-order valence-corrected chi connectivity index (χ2v) is 3.81. The Balaban J connectivity index is 3.39. The smallest absolute Gasteiger partial charge is 0.343 e. The molecule has 0 unspecified atom stereocenters. The van der Waals surface area contributed by atoms with Crippen molar-refractivity contribution in [1.82, 2.24) is 9.55 Å². The number of aromatic nitrogens is 2. The number of nitrogens with zero attached hydrogens (tertiary/aromatic N) is 2. The summed E-state index contributed by atoms with van der Waals surface area (Å²) in [5, 5.41) is 8.91. The number of carboxylic acids is 1. The summed E-state index contributed by atoms with van der Waals surface area (Å²) in [7, 11) is 0. The lowest BCUT2D eigenvalue weighted by molar-refractivity contribution is 0.0689. The minimum atomic E-state index is -2.74. The number of hydrogen-bond donors (Lipinski definition) is 1. The van der Waals surface area contributed by atoms with Crippen LogP contribution >= 0.6 is 0 Å². The number of carbonyl (C=O) groups is 1. The first kappa shape index (κ1) is 13.3. The summed E-state index contributed by atoms with van der Waals surface area (Å²) >= 11 is 0. The minimum absolute atomic E-state index is 0.105. The van der Waals surface area contributed by atoms with E-state index in [1.807, 2.05) is 0 Å². The molecule has 1 aromatic rings. The molecule has 0 aliphatic rings. The molecule has 0 spiro atoms. The molecule has 0 saturated carbocycles. The molecule has 1 heterocycles. The van der Waals surface area contributed by atoms with Gasteiger partial charge in [0.15, 0.2) is 0 Å². The number of halogens is 2. The molecule has 5 nitrogen and oxygen atoms in total. The van der Waals surface area contributed by atoms with Crippen molar-refractivity contribution in [1.29, 1.82) is 0 Å². The molecule has 1 aromatic heterocycles. The van der Waals surface area contributed by atoms with Crippen LogP contribution in [0.1, 0.15) is 35.8 Å². The van der Waals surface area contributed by atoms with Gasteiger partial charge < -0.3 is 5.11 Å². The summed E-state index contributed by atoms with van der Waals surface area (Å²) in [4.78, 5) is 26.4. The van der Waals surface area contributed by atoms with Crippen LogP contribution in [0.4, 0.5) is 8.78 Å². The summed E-state index contributed by atoms with van der Waals surface area (Å²) in [6.07, 6.45) is -1.78. The Morgan fingerprint density at radius 3 is 2.53 bits per heavy atom. The Morgan fingerprint density at radius 1 is 1.53 bits per heavy atom. The molecule has 0 radical (unpaired) electrons. The Kier molecular flexibility index (Phi) is 3.93. The standard InChI is InChI=1S/C10H12F2N2O3/c1-5(2)8-7(10(16)17)9(15)14(4-13-8)3-6(11)12/h4-6H,3H2,1-2H3,(H,16,17). The van der Waals surface area contributed by atoms with Crippen molar-refractivity contribution in [3.63, 3.8) is 0 Å². The normalized spacial score (nSPS) is 11.2. The van der Waals surface area contributed by atoms with E-state index in [9.17, 15) is 18.4 Å². The van der Waals surface area contributed by atoms with Crippen LogP contribution in [0.25, 0.3) is 0 Å². The van der Waals surface area contributed by atoms with Gasteiger partial charge in [0.25, 0.3) is 12.0 Å². The lowest BCUT2D eigenvalue weighted by Gasteiger charge is -2.11. The third kappa shape index (κ3) is 2.86. The third-order valence-corrected chi connectivity index (χ3v) is 2.16. The average Bonchev–Trinajstić information content (AvgIpc) is 2.19. The van der Waals surface area contributed by atoms with Gasteiger partial charge in [-0.15, -0.1) is 0 Å². The maximum absolute atomic E-state index is 12.2. The van der Waals surface area contributed by atoms with Crippen LogP contribution in [0.15, 0.2) is 11.1 Å². The summed E-state index contributed by atoms with van der Waals surface area (Å²) in [6, 6.07) is 0. The second kappa shape index (κ2) is 5.03. The summed E-state index contributed by atoms with van der Waals surface area (Å²) < 4.78 is 24.9. The Morgan fingerprint density at radius 2 is 2.12 bits per heavy atom. The first-order chi connectivity index (χ1) is 7.84. The Bertz CT molecular complexity index is 483. The zero-order valence-corrected chi connectivity index (χ0v) is 9.35. The van der Waals surface area contributed by atoms with Gasteiger partial charge in [0, 0.05) is 0 Å². The van der Waals surface area contributed by atoms with Crippen LogP contribution in [0.5, 0.6) is 0 Å². The fourth-order valence-corrected chi connectivity index (χ4v) is 1.42. The predicted octanol–water partition coefficient (Wildman–Crippen LogP) is 1.33. The summed E-state index contributed by atoms with van der Waals surface area (Å²) in [5.74, 6) is -1.72. The molecule has 7 heteroatoms. The molecule has 0 amide bonds. The van der Waals surface area contributed by atoms with E-state index in [0.717, 1.165) is 6.33 Å². The number of carboxylic acid groups (broad SMARTS) is 1. The first-order valence-corrected chi connectivity index (χ1v) is 4.95. The molecule has 0 bridgehead atoms. The molecule has 17 heavy (non-hydrogen) atoms. The van der Waals surface area contributed by atoms with Crippen LogP contribution in [0, 0.1) is 0 Å². The Hall–Kier alpha value is -1.79. The van der Waals surface area contributed by atoms with Gasteiger partial charge in [-0.1, -0.05) is 13.8 Å². The highest BCUT2D eigenvalue weighted by Gasteiger charge is 2.21. The molecule has 94 valence electrons. The van der Waals surface area contributed by atoms with Crippen molar-refractivity contribution in [2.24, 2.45) is 0 Å². The molecular formula is C10H12F2N2O3. The largest absolute Gasteiger partial charge is 0.477 e. The van der Waals surface area contributed by atoms with E-state index in [1.165, 1.54) is 0 Å². The monoisotopic (exact) mass is 246 g/mol. The zero-order valence-electron chi connectivity index (χ0n) is 9.35. The number of aromatic carboxylic acids is 1. The quantitative estimate of drug-likeness (QED) is 0.869. The van der Waals surface area contributed by atoms with Crippen LogP contribution < -0.4 is 5.56 Å². The van der Waals surface area contributed by atoms with Gasteiger partial charge in [0.2, 0.25) is 0 Å². The van der Waals surface area contributed by atoms with Crippen molar-refractivity contribution in [2.75, 3.05) is 0 Å². The highest BCUT2D eigenvalue weighted by Crippen LogP contribution is 2.13. The van der Waals surface area contributed by atoms with Gasteiger partial charge in [0.05, 0.1) is 18.6 Å². The van der Waals surface area contributed by atoms with Crippen LogP contribution in [0.3, 0.4) is 0 Å². The molecule has 1 N–H and O–H groups in total. The number of hydrogen-bond acceptors (Lipinski definition) is 3. The number of alkyl halides is 2. The number of rotatable bonds is 4. The van der Waals surface area contributed by atoms with E-state index in [-0.39, 0.29) is 11.6 Å². The average molecular weight is 246 g/mol. The summed E-state index contributed by atoms with van der Waals surface area (Å²) in [6.45, 7) is 2.49. The van der Waals surface area contributed by atoms with E-state index in [4.69, 9.17) is 5.11 Å². The first-order valence-electron chi connectivity index (χ1n) is 4.95. The Labute approximate surface area is 95.7 Å². The van der Waals surface area contributed by atoms with E-state index in [0.29, 0.717) is 4.57 Å². The molecule has 1 rings (SSSR count). The van der Waals surface area contributed by atoms with E-state index in [1.54, 1.807) is 13.8 Å². The molecule has 0 atom stereocenters. The van der Waals surface area contributed by atoms with Crippen molar-refractivity contribution in [3.8, 4) is 0 Å². The van der Waals surface area contributed by atoms with E-state index >= 15 is 0 Å². The predicted molar refractivity (Wildman–Crippen MR) is 55.5 cm³/mol.